The van der Waals surface area contributed by atoms with Crippen LogP contribution in [0.2, 0.25) is 0 Å². The standard InChI is InChI=1S/C49H96O4S2/c1-5-7-9-11-13-15-17-19-21-23-25-27-29-31-33-35-37-54-45(3)39-47-50-41-49(42-51-47)43-52-48(53-44-49)40-46(4)55-38-36-34-32-30-28-26-24-22-20-18-16-14-12-10-8-6-2/h45-48H,5-44H2,1-4H3. The second-order valence-electron chi connectivity index (χ2n) is 18.0. The maximum atomic E-state index is 6.24. The van der Waals surface area contributed by atoms with E-state index in [4.69, 9.17) is 18.9 Å². The van der Waals surface area contributed by atoms with Crippen LogP contribution < -0.4 is 0 Å². The minimum absolute atomic E-state index is 0.0856. The Labute approximate surface area is 353 Å². The summed E-state index contributed by atoms with van der Waals surface area (Å²) in [4.78, 5) is 0. The number of hydrogen-bond acceptors (Lipinski definition) is 6. The highest BCUT2D eigenvalue weighted by molar-refractivity contribution is 8.00. The third-order valence-electron chi connectivity index (χ3n) is 12.2. The highest BCUT2D eigenvalue weighted by atomic mass is 32.2. The number of hydrogen-bond donors (Lipinski definition) is 0. The monoisotopic (exact) mass is 813 g/mol. The van der Waals surface area contributed by atoms with E-state index in [1.165, 1.54) is 217 Å². The van der Waals surface area contributed by atoms with Crippen LogP contribution in [0, 0.1) is 5.41 Å². The molecule has 0 amide bonds. The highest BCUT2D eigenvalue weighted by Gasteiger charge is 2.42. The van der Waals surface area contributed by atoms with E-state index >= 15 is 0 Å². The number of thioether (sulfide) groups is 2. The maximum Gasteiger partial charge on any atom is 0.158 e. The van der Waals surface area contributed by atoms with Crippen molar-refractivity contribution in [1.82, 2.24) is 0 Å². The quantitative estimate of drug-likeness (QED) is 0.0574. The van der Waals surface area contributed by atoms with Crippen LogP contribution >= 0.6 is 23.5 Å². The van der Waals surface area contributed by atoms with E-state index in [-0.39, 0.29) is 18.0 Å². The molecule has 0 bridgehead atoms. The van der Waals surface area contributed by atoms with Gasteiger partial charge < -0.3 is 18.9 Å². The van der Waals surface area contributed by atoms with Gasteiger partial charge in [-0.15, -0.1) is 0 Å². The Morgan fingerprint density at radius 1 is 0.364 bits per heavy atom. The molecule has 2 rings (SSSR count). The molecule has 0 saturated carbocycles. The third kappa shape index (κ3) is 30.3. The third-order valence-corrected chi connectivity index (χ3v) is 14.7. The molecule has 2 saturated heterocycles. The van der Waals surface area contributed by atoms with Crippen LogP contribution in [0.3, 0.4) is 0 Å². The fourth-order valence-corrected chi connectivity index (χ4v) is 10.4. The predicted molar refractivity (Wildman–Crippen MR) is 246 cm³/mol. The Balaban J connectivity index is 1.33. The molecule has 0 aromatic rings. The second kappa shape index (κ2) is 37.5. The van der Waals surface area contributed by atoms with Gasteiger partial charge in [0.1, 0.15) is 0 Å². The van der Waals surface area contributed by atoms with Gasteiger partial charge in [-0.2, -0.15) is 23.5 Å². The first kappa shape index (κ1) is 51.7. The zero-order chi connectivity index (χ0) is 39.3. The molecule has 2 fully saturated rings. The van der Waals surface area contributed by atoms with Crippen molar-refractivity contribution in [2.45, 2.75) is 269 Å². The molecule has 0 aromatic heterocycles. The first-order chi connectivity index (χ1) is 27.1. The van der Waals surface area contributed by atoms with Crippen molar-refractivity contribution in [2.75, 3.05) is 37.9 Å². The molecule has 2 atom stereocenters. The van der Waals surface area contributed by atoms with Crippen LogP contribution in [-0.4, -0.2) is 61.0 Å². The molecule has 0 aromatic carbocycles. The molecule has 6 heteroatoms. The molecule has 0 radical (unpaired) electrons. The Morgan fingerprint density at radius 2 is 0.582 bits per heavy atom. The van der Waals surface area contributed by atoms with E-state index in [0.29, 0.717) is 36.9 Å². The first-order valence-corrected chi connectivity index (χ1v) is 26.9. The van der Waals surface area contributed by atoms with Crippen LogP contribution in [0.15, 0.2) is 0 Å². The van der Waals surface area contributed by atoms with Gasteiger partial charge in [0, 0.05) is 23.3 Å². The molecule has 55 heavy (non-hydrogen) atoms. The van der Waals surface area contributed by atoms with Crippen molar-refractivity contribution in [3.8, 4) is 0 Å². The SMILES string of the molecule is CCCCCCCCCCCCCCCCCCSC(C)CC1OCC2(CO1)COC(CC(C)SCCCCCCCCCCCCCCCCCC)OC2. The van der Waals surface area contributed by atoms with Gasteiger partial charge in [-0.1, -0.05) is 220 Å². The number of unbranched alkanes of at least 4 members (excludes halogenated alkanes) is 30. The first-order valence-electron chi connectivity index (χ1n) is 24.8. The van der Waals surface area contributed by atoms with E-state index in [0.717, 1.165) is 12.8 Å². The molecular weight excluding hydrogens is 717 g/mol. The molecule has 0 aliphatic carbocycles. The lowest BCUT2D eigenvalue weighted by Gasteiger charge is -2.44. The summed E-state index contributed by atoms with van der Waals surface area (Å²) < 4.78 is 25.0. The van der Waals surface area contributed by atoms with Crippen LogP contribution in [0.5, 0.6) is 0 Å². The van der Waals surface area contributed by atoms with Gasteiger partial charge in [-0.25, -0.2) is 0 Å². The summed E-state index contributed by atoms with van der Waals surface area (Å²) in [5.74, 6) is 2.52. The van der Waals surface area contributed by atoms with E-state index in [1.54, 1.807) is 0 Å². The maximum absolute atomic E-state index is 6.24. The van der Waals surface area contributed by atoms with Crippen molar-refractivity contribution >= 4 is 23.5 Å². The summed E-state index contributed by atoms with van der Waals surface area (Å²) >= 11 is 4.19. The summed E-state index contributed by atoms with van der Waals surface area (Å²) in [6.07, 6.45) is 47.6. The van der Waals surface area contributed by atoms with Gasteiger partial charge in [-0.3, -0.25) is 0 Å². The average Bonchev–Trinajstić information content (AvgIpc) is 3.19. The molecule has 1 spiro atoms. The summed E-state index contributed by atoms with van der Waals surface area (Å²) in [7, 11) is 0. The van der Waals surface area contributed by atoms with E-state index < -0.39 is 0 Å². The molecule has 2 unspecified atom stereocenters. The zero-order valence-corrected chi connectivity index (χ0v) is 39.2. The average molecular weight is 813 g/mol. The zero-order valence-electron chi connectivity index (χ0n) is 37.5. The van der Waals surface area contributed by atoms with Gasteiger partial charge in [-0.05, 0) is 24.3 Å². The van der Waals surface area contributed by atoms with Crippen LogP contribution in [0.25, 0.3) is 0 Å². The topological polar surface area (TPSA) is 36.9 Å². The fraction of sp³-hybridized carbons (Fsp3) is 1.00. The summed E-state index contributed by atoms with van der Waals surface area (Å²) in [6, 6.07) is 0. The lowest BCUT2D eigenvalue weighted by molar-refractivity contribution is -0.303. The van der Waals surface area contributed by atoms with Crippen molar-refractivity contribution < 1.29 is 18.9 Å². The normalized spacial score (nSPS) is 21.4. The minimum atomic E-state index is -0.138. The van der Waals surface area contributed by atoms with Crippen LogP contribution in [0.4, 0.5) is 0 Å². The van der Waals surface area contributed by atoms with Gasteiger partial charge >= 0.3 is 0 Å². The largest absolute Gasteiger partial charge is 0.352 e. The minimum Gasteiger partial charge on any atom is -0.352 e. The van der Waals surface area contributed by atoms with Crippen LogP contribution in [0.1, 0.15) is 246 Å². The second-order valence-corrected chi connectivity index (χ2v) is 21.1. The summed E-state index contributed by atoms with van der Waals surface area (Å²) in [5.41, 5.74) is -0.138. The van der Waals surface area contributed by atoms with Gasteiger partial charge in [0.25, 0.3) is 0 Å². The van der Waals surface area contributed by atoms with Crippen molar-refractivity contribution in [3.05, 3.63) is 0 Å². The van der Waals surface area contributed by atoms with Crippen molar-refractivity contribution in [1.29, 1.82) is 0 Å². The van der Waals surface area contributed by atoms with Crippen LogP contribution in [-0.2, 0) is 18.9 Å². The molecular formula is C49H96O4S2. The van der Waals surface area contributed by atoms with E-state index in [9.17, 15) is 0 Å². The Kier molecular flexibility index (Phi) is 35.3. The Morgan fingerprint density at radius 3 is 0.818 bits per heavy atom. The summed E-state index contributed by atoms with van der Waals surface area (Å²) in [5, 5.41) is 1.13. The van der Waals surface area contributed by atoms with Gasteiger partial charge in [0.2, 0.25) is 0 Å². The predicted octanol–water partition coefficient (Wildman–Crippen LogP) is 16.3. The summed E-state index contributed by atoms with van der Waals surface area (Å²) in [6.45, 7) is 12.0. The Hall–Kier alpha value is 0.540. The molecule has 4 nitrogen and oxygen atoms in total. The Bertz CT molecular complexity index is 715. The smallest absolute Gasteiger partial charge is 0.158 e. The number of ether oxygens (including phenoxy) is 4. The van der Waals surface area contributed by atoms with E-state index in [2.05, 4.69) is 51.2 Å². The van der Waals surface area contributed by atoms with Gasteiger partial charge in [0.15, 0.2) is 12.6 Å². The van der Waals surface area contributed by atoms with Gasteiger partial charge in [0.05, 0.1) is 31.8 Å². The fourth-order valence-electron chi connectivity index (χ4n) is 8.24. The molecule has 2 heterocycles. The lowest BCUT2D eigenvalue weighted by Crippen LogP contribution is -2.52. The van der Waals surface area contributed by atoms with Crippen molar-refractivity contribution in [2.24, 2.45) is 5.41 Å². The molecule has 2 aliphatic rings. The van der Waals surface area contributed by atoms with E-state index in [1.807, 2.05) is 0 Å². The molecule has 2 aliphatic heterocycles. The molecule has 328 valence electrons. The van der Waals surface area contributed by atoms with Crippen molar-refractivity contribution in [3.63, 3.8) is 0 Å². The highest BCUT2D eigenvalue weighted by Crippen LogP contribution is 2.34. The lowest BCUT2D eigenvalue weighted by atomic mass is 9.90. The molecule has 0 N–H and O–H groups in total. The number of rotatable bonds is 40.